The first-order valence-electron chi connectivity index (χ1n) is 15.1. The van der Waals surface area contributed by atoms with Gasteiger partial charge in [0.25, 0.3) is 5.91 Å². The molecule has 3 aliphatic rings. The van der Waals surface area contributed by atoms with Gasteiger partial charge in [0.1, 0.15) is 11.4 Å². The highest BCUT2D eigenvalue weighted by Gasteiger charge is 2.45. The number of rotatable bonds is 10. The zero-order valence-corrected chi connectivity index (χ0v) is 26.2. The van der Waals surface area contributed by atoms with Crippen molar-refractivity contribution in [1.82, 2.24) is 10.2 Å². The molecule has 1 saturated carbocycles. The molecule has 43 heavy (non-hydrogen) atoms. The number of likely N-dealkylation sites (tertiary alicyclic amines) is 1. The molecule has 0 aromatic heterocycles. The van der Waals surface area contributed by atoms with E-state index < -0.39 is 29.1 Å². The van der Waals surface area contributed by atoms with Gasteiger partial charge in [0.05, 0.1) is 24.1 Å². The number of carbonyl (C=O) groups is 4. The molecule has 12 nitrogen and oxygen atoms in total. The van der Waals surface area contributed by atoms with E-state index in [2.05, 4.69) is 5.32 Å². The number of carbonyl (C=O) groups excluding carboxylic acids is 4. The summed E-state index contributed by atoms with van der Waals surface area (Å²) in [6.45, 7) is 9.81. The van der Waals surface area contributed by atoms with Gasteiger partial charge < -0.3 is 39.3 Å². The molecule has 2 aliphatic heterocycles. The quantitative estimate of drug-likeness (QED) is 0.390. The van der Waals surface area contributed by atoms with E-state index in [1.165, 1.54) is 4.90 Å². The van der Waals surface area contributed by atoms with Gasteiger partial charge in [0.15, 0.2) is 5.60 Å². The molecule has 0 bridgehead atoms. The number of aliphatic hydroxyl groups is 1. The predicted molar refractivity (Wildman–Crippen MR) is 160 cm³/mol. The molecule has 1 saturated heterocycles. The highest BCUT2D eigenvalue weighted by atomic mass is 16.6. The summed E-state index contributed by atoms with van der Waals surface area (Å²) in [5, 5.41) is 11.9. The normalized spacial score (nSPS) is 21.5. The standard InChI is InChI=1S/C31H46N4O8/c1-30(2,3)43-29(40)33-18-20(26(37)32-12-14-36)16-21(19-33)27(38)35(22-8-9-22)23-10-11-25-24(17-23)34(13-7-15-41-6)28(39)31(4,5)42-25/h10-11,17,20-22,36H,7-9,12-16,18-19H2,1-6H3,(H,32,37)/t20-,21?/m0/s1. The summed E-state index contributed by atoms with van der Waals surface area (Å²) in [4.78, 5) is 58.6. The third kappa shape index (κ3) is 7.77. The Labute approximate surface area is 253 Å². The Morgan fingerprint density at radius 2 is 1.86 bits per heavy atom. The van der Waals surface area contributed by atoms with Crippen LogP contribution in [0.5, 0.6) is 5.75 Å². The Morgan fingerprint density at radius 3 is 2.49 bits per heavy atom. The van der Waals surface area contributed by atoms with E-state index in [0.29, 0.717) is 36.7 Å². The number of aliphatic hydroxyl groups excluding tert-OH is 1. The lowest BCUT2D eigenvalue weighted by Gasteiger charge is -2.40. The number of nitrogens with one attached hydrogen (secondary N) is 1. The number of hydrogen-bond acceptors (Lipinski definition) is 8. The molecule has 238 valence electrons. The van der Waals surface area contributed by atoms with Crippen LogP contribution in [0.3, 0.4) is 0 Å². The van der Waals surface area contributed by atoms with Gasteiger partial charge >= 0.3 is 6.09 Å². The second-order valence-electron chi connectivity index (χ2n) is 13.0. The van der Waals surface area contributed by atoms with E-state index in [4.69, 9.17) is 14.2 Å². The number of fused-ring (bicyclic) bond motifs is 1. The van der Waals surface area contributed by atoms with Crippen LogP contribution in [0.1, 0.15) is 60.3 Å². The fraction of sp³-hybridized carbons (Fsp3) is 0.677. The van der Waals surface area contributed by atoms with Gasteiger partial charge in [-0.25, -0.2) is 4.79 Å². The van der Waals surface area contributed by atoms with Gasteiger partial charge in [-0.15, -0.1) is 0 Å². The Balaban J connectivity index is 1.64. The van der Waals surface area contributed by atoms with Crippen molar-refractivity contribution in [2.75, 3.05) is 56.3 Å². The number of hydrogen-bond donors (Lipinski definition) is 2. The molecular formula is C31H46N4O8. The molecule has 4 rings (SSSR count). The van der Waals surface area contributed by atoms with Gasteiger partial charge in [-0.1, -0.05) is 0 Å². The number of benzene rings is 1. The zero-order chi connectivity index (χ0) is 31.5. The maximum atomic E-state index is 14.3. The van der Waals surface area contributed by atoms with Crippen molar-refractivity contribution in [3.8, 4) is 5.75 Å². The Hall–Kier alpha value is -3.38. The molecule has 2 N–H and O–H groups in total. The highest BCUT2D eigenvalue weighted by Crippen LogP contribution is 2.43. The molecule has 0 radical (unpaired) electrons. The average Bonchev–Trinajstić information content (AvgIpc) is 3.78. The summed E-state index contributed by atoms with van der Waals surface area (Å²) in [6.07, 6.45) is 1.96. The number of nitrogens with zero attached hydrogens (tertiary/aromatic N) is 3. The van der Waals surface area contributed by atoms with Crippen molar-refractivity contribution in [2.24, 2.45) is 11.8 Å². The van der Waals surface area contributed by atoms with Crippen molar-refractivity contribution < 1.29 is 38.5 Å². The molecule has 4 amide bonds. The summed E-state index contributed by atoms with van der Waals surface area (Å²) in [7, 11) is 1.62. The van der Waals surface area contributed by atoms with Crippen molar-refractivity contribution in [1.29, 1.82) is 0 Å². The Kier molecular flexibility index (Phi) is 9.90. The number of methoxy groups -OCH3 is 1. The van der Waals surface area contributed by atoms with Crippen molar-refractivity contribution >= 4 is 35.2 Å². The molecule has 1 aliphatic carbocycles. The molecule has 2 heterocycles. The minimum atomic E-state index is -1.04. The Bertz CT molecular complexity index is 1210. The molecule has 2 fully saturated rings. The smallest absolute Gasteiger partial charge is 0.410 e. The van der Waals surface area contributed by atoms with E-state index in [0.717, 1.165) is 12.8 Å². The van der Waals surface area contributed by atoms with Crippen LogP contribution in [-0.2, 0) is 23.9 Å². The lowest BCUT2D eigenvalue weighted by molar-refractivity contribution is -0.133. The Morgan fingerprint density at radius 1 is 1.16 bits per heavy atom. The van der Waals surface area contributed by atoms with Crippen molar-refractivity contribution in [2.45, 2.75) is 77.5 Å². The average molecular weight is 603 g/mol. The summed E-state index contributed by atoms with van der Waals surface area (Å²) in [5.74, 6) is -1.42. The second kappa shape index (κ2) is 13.1. The summed E-state index contributed by atoms with van der Waals surface area (Å²) in [6, 6.07) is 5.42. The first-order chi connectivity index (χ1) is 20.3. The fourth-order valence-corrected chi connectivity index (χ4v) is 5.61. The van der Waals surface area contributed by atoms with Crippen LogP contribution in [0.2, 0.25) is 0 Å². The van der Waals surface area contributed by atoms with Crippen LogP contribution < -0.4 is 19.9 Å². The van der Waals surface area contributed by atoms with Crippen LogP contribution in [0.25, 0.3) is 0 Å². The van der Waals surface area contributed by atoms with Gasteiger partial charge in [0.2, 0.25) is 11.8 Å². The maximum absolute atomic E-state index is 14.3. The van der Waals surface area contributed by atoms with E-state index in [9.17, 15) is 24.3 Å². The number of anilines is 2. The van der Waals surface area contributed by atoms with Crippen LogP contribution in [-0.4, -0.2) is 97.6 Å². The van der Waals surface area contributed by atoms with Gasteiger partial charge in [-0.3, -0.25) is 14.4 Å². The van der Waals surface area contributed by atoms with Crippen molar-refractivity contribution in [3.05, 3.63) is 18.2 Å². The van der Waals surface area contributed by atoms with E-state index in [-0.39, 0.29) is 56.4 Å². The number of piperidine rings is 1. The lowest BCUT2D eigenvalue weighted by atomic mass is 9.87. The highest BCUT2D eigenvalue weighted by molar-refractivity contribution is 6.04. The predicted octanol–water partition coefficient (Wildman–Crippen LogP) is 2.70. The van der Waals surface area contributed by atoms with Crippen LogP contribution in [0.15, 0.2) is 18.2 Å². The molecule has 2 atom stereocenters. The zero-order valence-electron chi connectivity index (χ0n) is 26.2. The molecule has 0 spiro atoms. The SMILES string of the molecule is COCCCN1C(=O)C(C)(C)Oc2ccc(N(C(=O)C3C[C@H](C(=O)NCCO)CN(C(=O)OC(C)(C)C)C3)C3CC3)cc21. The largest absolute Gasteiger partial charge is 0.476 e. The van der Waals surface area contributed by atoms with E-state index in [1.54, 1.807) is 57.6 Å². The summed E-state index contributed by atoms with van der Waals surface area (Å²) >= 11 is 0. The summed E-state index contributed by atoms with van der Waals surface area (Å²) < 4.78 is 16.9. The molecule has 1 unspecified atom stereocenters. The molecule has 12 heteroatoms. The number of amides is 4. The monoisotopic (exact) mass is 602 g/mol. The topological polar surface area (TPSA) is 138 Å². The maximum Gasteiger partial charge on any atom is 0.410 e. The van der Waals surface area contributed by atoms with Crippen LogP contribution >= 0.6 is 0 Å². The molecule has 1 aromatic rings. The molecule has 1 aromatic carbocycles. The van der Waals surface area contributed by atoms with Gasteiger partial charge in [-0.2, -0.15) is 0 Å². The van der Waals surface area contributed by atoms with Crippen molar-refractivity contribution in [3.63, 3.8) is 0 Å². The minimum Gasteiger partial charge on any atom is -0.476 e. The third-order valence-corrected chi connectivity index (χ3v) is 7.75. The van der Waals surface area contributed by atoms with Crippen LogP contribution in [0, 0.1) is 11.8 Å². The van der Waals surface area contributed by atoms with Crippen LogP contribution in [0.4, 0.5) is 16.2 Å². The first kappa shape index (κ1) is 32.5. The third-order valence-electron chi connectivity index (χ3n) is 7.75. The molecular weight excluding hydrogens is 556 g/mol. The minimum absolute atomic E-state index is 0.0253. The first-order valence-corrected chi connectivity index (χ1v) is 15.1. The van der Waals surface area contributed by atoms with E-state index in [1.807, 2.05) is 12.1 Å². The second-order valence-corrected chi connectivity index (χ2v) is 13.0. The lowest BCUT2D eigenvalue weighted by Crippen LogP contribution is -2.54. The summed E-state index contributed by atoms with van der Waals surface area (Å²) in [5.41, 5.74) is -0.548. The van der Waals surface area contributed by atoms with E-state index >= 15 is 0 Å². The number of ether oxygens (including phenoxy) is 3. The van der Waals surface area contributed by atoms with Gasteiger partial charge in [0, 0.05) is 51.6 Å². The van der Waals surface area contributed by atoms with Gasteiger partial charge in [-0.05, 0) is 78.5 Å². The fourth-order valence-electron chi connectivity index (χ4n) is 5.61.